The average molecular weight is 438 g/mol. The predicted molar refractivity (Wildman–Crippen MR) is 121 cm³/mol. The van der Waals surface area contributed by atoms with Crippen LogP contribution in [0.4, 0.5) is 5.69 Å². The van der Waals surface area contributed by atoms with E-state index in [9.17, 15) is 4.79 Å². The number of para-hydroxylation sites is 2. The second-order valence-electron chi connectivity index (χ2n) is 7.52. The molecule has 4 rings (SSSR count). The van der Waals surface area contributed by atoms with Crippen molar-refractivity contribution in [3.05, 3.63) is 60.2 Å². The molecule has 2 aromatic carbocycles. The number of tetrazole rings is 1. The second kappa shape index (κ2) is 10.4. The molecule has 31 heavy (non-hydrogen) atoms. The summed E-state index contributed by atoms with van der Waals surface area (Å²) < 4.78 is 7.57. The van der Waals surface area contributed by atoms with Crippen molar-refractivity contribution in [2.75, 3.05) is 11.9 Å². The maximum Gasteiger partial charge on any atom is 0.242 e. The summed E-state index contributed by atoms with van der Waals surface area (Å²) in [5.41, 5.74) is 1.56. The van der Waals surface area contributed by atoms with Crippen molar-refractivity contribution in [1.29, 1.82) is 0 Å². The highest BCUT2D eigenvalue weighted by Crippen LogP contribution is 2.38. The number of amides is 1. The molecule has 0 bridgehead atoms. The van der Waals surface area contributed by atoms with Gasteiger partial charge in [0, 0.05) is 0 Å². The molecule has 1 atom stereocenters. The number of nitrogens with one attached hydrogen (secondary N) is 1. The molecule has 8 heteroatoms. The minimum atomic E-state index is -0.496. The molecule has 1 amide bonds. The lowest BCUT2D eigenvalue weighted by atomic mass is 9.96. The first-order valence-corrected chi connectivity index (χ1v) is 11.7. The van der Waals surface area contributed by atoms with Gasteiger partial charge < -0.3 is 10.1 Å². The molecule has 1 N–H and O–H groups in total. The average Bonchev–Trinajstić information content (AvgIpc) is 3.28. The van der Waals surface area contributed by atoms with Gasteiger partial charge in [-0.3, -0.25) is 4.79 Å². The van der Waals surface area contributed by atoms with E-state index in [0.29, 0.717) is 29.2 Å². The number of anilines is 1. The van der Waals surface area contributed by atoms with Gasteiger partial charge in [-0.25, -0.2) is 4.68 Å². The van der Waals surface area contributed by atoms with Crippen LogP contribution in [0, 0.1) is 0 Å². The summed E-state index contributed by atoms with van der Waals surface area (Å²) >= 11 is 1.39. The first kappa shape index (κ1) is 21.4. The fraction of sp³-hybridized carbons (Fsp3) is 0.391. The van der Waals surface area contributed by atoms with Crippen LogP contribution in [0.25, 0.3) is 0 Å². The summed E-state index contributed by atoms with van der Waals surface area (Å²) in [6.45, 7) is 2.45. The Kier molecular flexibility index (Phi) is 7.19. The summed E-state index contributed by atoms with van der Waals surface area (Å²) in [4.78, 5) is 13.4. The number of rotatable bonds is 8. The number of hydrogen-bond donors (Lipinski definition) is 1. The summed E-state index contributed by atoms with van der Waals surface area (Å²) in [5, 5.41) is 15.6. The van der Waals surface area contributed by atoms with Crippen molar-refractivity contribution in [2.45, 2.75) is 55.5 Å². The molecule has 1 aliphatic carbocycles. The number of aromatic nitrogens is 4. The Labute approximate surface area is 186 Å². The van der Waals surface area contributed by atoms with Gasteiger partial charge in [-0.2, -0.15) is 0 Å². The topological polar surface area (TPSA) is 81.9 Å². The number of carbonyl (C=O) groups is 1. The van der Waals surface area contributed by atoms with Gasteiger partial charge in [0.2, 0.25) is 11.1 Å². The summed E-state index contributed by atoms with van der Waals surface area (Å²) in [6.07, 6.45) is 5.78. The Morgan fingerprint density at radius 2 is 1.87 bits per heavy atom. The lowest BCUT2D eigenvalue weighted by Crippen LogP contribution is -2.21. The highest BCUT2D eigenvalue weighted by Gasteiger charge is 2.28. The van der Waals surface area contributed by atoms with Crippen LogP contribution >= 0.6 is 11.8 Å². The molecular weight excluding hydrogens is 410 g/mol. The lowest BCUT2D eigenvalue weighted by Gasteiger charge is -2.23. The SMILES string of the molecule is CCOc1ccccc1NC(=O)C(Sc1nnnn1C1CCCCC1)c1ccccc1. The van der Waals surface area contributed by atoms with Crippen LogP contribution in [0.5, 0.6) is 5.75 Å². The van der Waals surface area contributed by atoms with Crippen LogP contribution in [0.3, 0.4) is 0 Å². The largest absolute Gasteiger partial charge is 0.492 e. The van der Waals surface area contributed by atoms with Crippen molar-refractivity contribution in [2.24, 2.45) is 0 Å². The Morgan fingerprint density at radius 1 is 1.13 bits per heavy atom. The maximum absolute atomic E-state index is 13.4. The van der Waals surface area contributed by atoms with Crippen molar-refractivity contribution >= 4 is 23.4 Å². The van der Waals surface area contributed by atoms with E-state index in [0.717, 1.165) is 18.4 Å². The van der Waals surface area contributed by atoms with Crippen LogP contribution < -0.4 is 10.1 Å². The van der Waals surface area contributed by atoms with Crippen molar-refractivity contribution in [1.82, 2.24) is 20.2 Å². The van der Waals surface area contributed by atoms with Gasteiger partial charge in [0.25, 0.3) is 0 Å². The molecule has 1 unspecified atom stereocenters. The molecule has 1 saturated carbocycles. The van der Waals surface area contributed by atoms with Gasteiger partial charge in [-0.15, -0.1) is 5.10 Å². The highest BCUT2D eigenvalue weighted by atomic mass is 32.2. The van der Waals surface area contributed by atoms with Gasteiger partial charge in [0.1, 0.15) is 11.0 Å². The molecule has 0 saturated heterocycles. The summed E-state index contributed by atoms with van der Waals surface area (Å²) in [7, 11) is 0. The highest BCUT2D eigenvalue weighted by molar-refractivity contribution is 8.00. The van der Waals surface area contributed by atoms with E-state index in [2.05, 4.69) is 20.8 Å². The Bertz CT molecular complexity index is 988. The molecular formula is C23H27N5O2S. The molecule has 1 heterocycles. The van der Waals surface area contributed by atoms with Crippen LogP contribution in [-0.4, -0.2) is 32.7 Å². The third kappa shape index (κ3) is 5.25. The van der Waals surface area contributed by atoms with E-state index < -0.39 is 5.25 Å². The Hall–Kier alpha value is -2.87. The van der Waals surface area contributed by atoms with Crippen LogP contribution in [-0.2, 0) is 4.79 Å². The summed E-state index contributed by atoms with van der Waals surface area (Å²) in [6, 6.07) is 17.5. The second-order valence-corrected chi connectivity index (χ2v) is 8.60. The molecule has 3 aromatic rings. The van der Waals surface area contributed by atoms with E-state index in [-0.39, 0.29) is 5.91 Å². The van der Waals surface area contributed by atoms with Gasteiger partial charge in [-0.05, 0) is 47.9 Å². The fourth-order valence-electron chi connectivity index (χ4n) is 3.87. The minimum Gasteiger partial charge on any atom is -0.492 e. The van der Waals surface area contributed by atoms with Gasteiger partial charge in [0.15, 0.2) is 0 Å². The first-order chi connectivity index (χ1) is 15.3. The molecule has 1 fully saturated rings. The zero-order valence-corrected chi connectivity index (χ0v) is 18.4. The normalized spacial score (nSPS) is 15.4. The molecule has 1 aliphatic rings. The van der Waals surface area contributed by atoms with Crippen LogP contribution in [0.15, 0.2) is 59.8 Å². The van der Waals surface area contributed by atoms with Crippen LogP contribution in [0.1, 0.15) is 55.9 Å². The number of benzene rings is 2. The maximum atomic E-state index is 13.4. The Morgan fingerprint density at radius 3 is 2.65 bits per heavy atom. The molecule has 0 aliphatic heterocycles. The van der Waals surface area contributed by atoms with Gasteiger partial charge in [-0.1, -0.05) is 73.5 Å². The molecule has 7 nitrogen and oxygen atoms in total. The van der Waals surface area contributed by atoms with Gasteiger partial charge >= 0.3 is 0 Å². The number of nitrogens with zero attached hydrogens (tertiary/aromatic N) is 4. The van der Waals surface area contributed by atoms with Crippen molar-refractivity contribution in [3.8, 4) is 5.75 Å². The quantitative estimate of drug-likeness (QED) is 0.497. The predicted octanol–water partition coefficient (Wildman–Crippen LogP) is 5.05. The zero-order chi connectivity index (χ0) is 21.5. The van der Waals surface area contributed by atoms with E-state index in [1.165, 1.54) is 31.0 Å². The number of ether oxygens (including phenoxy) is 1. The van der Waals surface area contributed by atoms with Crippen molar-refractivity contribution < 1.29 is 9.53 Å². The van der Waals surface area contributed by atoms with E-state index in [4.69, 9.17) is 4.74 Å². The lowest BCUT2D eigenvalue weighted by molar-refractivity contribution is -0.115. The summed E-state index contributed by atoms with van der Waals surface area (Å²) in [5.74, 6) is 0.517. The monoisotopic (exact) mass is 437 g/mol. The minimum absolute atomic E-state index is 0.137. The standard InChI is InChI=1S/C23H27N5O2S/c1-2-30-20-16-10-9-15-19(20)24-22(29)21(17-11-5-3-6-12-17)31-23-25-26-27-28(23)18-13-7-4-8-14-18/h3,5-6,9-12,15-16,18,21H,2,4,7-8,13-14H2,1H3,(H,24,29). The van der Waals surface area contributed by atoms with E-state index in [1.807, 2.05) is 66.2 Å². The molecule has 0 spiro atoms. The zero-order valence-electron chi connectivity index (χ0n) is 17.6. The third-order valence-electron chi connectivity index (χ3n) is 5.39. The van der Waals surface area contributed by atoms with Crippen LogP contribution in [0.2, 0.25) is 0 Å². The third-order valence-corrected chi connectivity index (χ3v) is 6.59. The first-order valence-electron chi connectivity index (χ1n) is 10.8. The number of hydrogen-bond acceptors (Lipinski definition) is 6. The van der Waals surface area contributed by atoms with E-state index >= 15 is 0 Å². The number of carbonyl (C=O) groups excluding carboxylic acids is 1. The fourth-order valence-corrected chi connectivity index (χ4v) is 4.92. The van der Waals surface area contributed by atoms with Crippen molar-refractivity contribution in [3.63, 3.8) is 0 Å². The molecule has 162 valence electrons. The number of thioether (sulfide) groups is 1. The van der Waals surface area contributed by atoms with E-state index in [1.54, 1.807) is 0 Å². The Balaban J connectivity index is 1.59. The molecule has 1 aromatic heterocycles. The smallest absolute Gasteiger partial charge is 0.242 e. The molecule has 0 radical (unpaired) electrons. The van der Waals surface area contributed by atoms with Gasteiger partial charge in [0.05, 0.1) is 18.3 Å².